The molecule has 7 nitrogen and oxygen atoms in total. The van der Waals surface area contributed by atoms with E-state index in [0.717, 1.165) is 0 Å². The van der Waals surface area contributed by atoms with Crippen LogP contribution >= 0.6 is 0 Å². The van der Waals surface area contributed by atoms with Crippen LogP contribution in [-0.2, 0) is 27.0 Å². The summed E-state index contributed by atoms with van der Waals surface area (Å²) in [7, 11) is -7.79. The zero-order chi connectivity index (χ0) is 7.49. The minimum absolute atomic E-state index is 2.79. The van der Waals surface area contributed by atoms with Crippen LogP contribution in [0.5, 0.6) is 0 Å². The van der Waals surface area contributed by atoms with Crippen molar-refractivity contribution in [3.8, 4) is 0 Å². The summed E-state index contributed by atoms with van der Waals surface area (Å²) >= 11 is 0. The van der Waals surface area contributed by atoms with Gasteiger partial charge in [-0.2, -0.15) is 12.6 Å². The lowest BCUT2D eigenvalue weighted by molar-refractivity contribution is -0.189. The second kappa shape index (κ2) is 3.10. The summed E-state index contributed by atoms with van der Waals surface area (Å²) in [4.78, 5) is 0. The summed E-state index contributed by atoms with van der Waals surface area (Å²) in [6.45, 7) is 0. The highest BCUT2D eigenvalue weighted by Crippen LogP contribution is 1.90. The molecule has 0 aromatic heterocycles. The normalized spacial score (nSPS) is 11.3. The molecule has 0 rings (SSSR count). The predicted octanol–water partition coefficient (Wildman–Crippen LogP) is -1.13. The maximum Gasteiger partial charge on any atom is 0.372 e. The first kappa shape index (κ1) is 8.81. The zero-order valence-corrected chi connectivity index (χ0v) is 5.39. The van der Waals surface area contributed by atoms with Crippen molar-refractivity contribution < 1.29 is 31.8 Å². The molecule has 0 bridgehead atoms. The summed E-state index contributed by atoms with van der Waals surface area (Å²) in [6, 6.07) is 0. The predicted molar refractivity (Wildman–Crippen MR) is 24.5 cm³/mol. The fourth-order valence-electron chi connectivity index (χ4n) is 0.0633. The van der Waals surface area contributed by atoms with E-state index in [1.807, 2.05) is 0 Å². The highest BCUT2D eigenvalue weighted by molar-refractivity contribution is 8.32. The van der Waals surface area contributed by atoms with Crippen molar-refractivity contribution in [2.75, 3.05) is 0 Å². The first-order valence-electron chi connectivity index (χ1n) is 1.37. The Morgan fingerprint density at radius 1 is 1.22 bits per heavy atom. The Labute approximate surface area is 50.9 Å². The minimum atomic E-state index is -4.45. The summed E-state index contributed by atoms with van der Waals surface area (Å²) in [5.74, 6) is 0. The Morgan fingerprint density at radius 2 is 1.56 bits per heavy atom. The molecule has 0 saturated carbocycles. The smallest absolute Gasteiger partial charge is 0.235 e. The molecule has 0 atom stereocenters. The van der Waals surface area contributed by atoms with Gasteiger partial charge in [0, 0.05) is 0 Å². The fraction of sp³-hybridized carbons (Fsp3) is 0. The van der Waals surface area contributed by atoms with Crippen LogP contribution < -0.4 is 0 Å². The molecule has 0 heterocycles. The maximum absolute atomic E-state index is 10.1. The molecule has 56 valence electrons. The number of rotatable bonds is 2. The van der Waals surface area contributed by atoms with E-state index in [9.17, 15) is 12.6 Å². The molecule has 9 heavy (non-hydrogen) atoms. The van der Waals surface area contributed by atoms with Crippen LogP contribution in [-0.4, -0.2) is 23.1 Å². The molecule has 0 aromatic carbocycles. The lowest BCUT2D eigenvalue weighted by atomic mass is 14.9. The lowest BCUT2D eigenvalue weighted by Gasteiger charge is -1.90. The zero-order valence-electron chi connectivity index (χ0n) is 3.75. The molecule has 0 aliphatic rings. The van der Waals surface area contributed by atoms with Crippen LogP contribution in [0.2, 0.25) is 0 Å². The average Bonchev–Trinajstić information content (AvgIpc) is 1.86. The highest BCUT2D eigenvalue weighted by Gasteiger charge is 2.10. The molecule has 0 aliphatic heterocycles. The highest BCUT2D eigenvalue weighted by atomic mass is 32.9. The molecule has 0 aromatic rings. The third-order valence-electron chi connectivity index (χ3n) is 0.349. The van der Waals surface area contributed by atoms with Gasteiger partial charge in [-0.1, -0.05) is 0 Å². The monoisotopic (exact) mass is 178 g/mol. The summed E-state index contributed by atoms with van der Waals surface area (Å²) in [6.07, 6.45) is 0. The molecule has 2 N–H and O–H groups in total. The molecule has 0 unspecified atom stereocenters. The van der Waals surface area contributed by atoms with Gasteiger partial charge in [-0.3, -0.25) is 0 Å². The van der Waals surface area contributed by atoms with Gasteiger partial charge in [0.2, 0.25) is 0 Å². The average molecular weight is 178 g/mol. The van der Waals surface area contributed by atoms with Crippen molar-refractivity contribution in [2.45, 2.75) is 0 Å². The molecule has 9 heteroatoms. The quantitative estimate of drug-likeness (QED) is 0.406. The van der Waals surface area contributed by atoms with E-state index in [0.29, 0.717) is 0 Å². The van der Waals surface area contributed by atoms with E-state index in [4.69, 9.17) is 10.5 Å². The first-order valence-corrected chi connectivity index (χ1v) is 4.37. The SMILES string of the molecule is O=S(=O)=S(=O)(OO)OO. The number of hydrogen-bond donors (Lipinski definition) is 2. The van der Waals surface area contributed by atoms with Gasteiger partial charge in [0.15, 0.2) is 0 Å². The minimum Gasteiger partial charge on any atom is -0.235 e. The second-order valence-electron chi connectivity index (χ2n) is 0.761. The van der Waals surface area contributed by atoms with Crippen LogP contribution in [0.1, 0.15) is 0 Å². The Balaban J connectivity index is 5.26. The van der Waals surface area contributed by atoms with Crippen molar-refractivity contribution in [2.24, 2.45) is 0 Å². The van der Waals surface area contributed by atoms with E-state index in [2.05, 4.69) is 8.67 Å². The van der Waals surface area contributed by atoms with Gasteiger partial charge >= 0.3 is 18.3 Å². The van der Waals surface area contributed by atoms with Crippen molar-refractivity contribution in [1.82, 2.24) is 0 Å². The maximum atomic E-state index is 10.1. The third-order valence-corrected chi connectivity index (χ3v) is 2.41. The summed E-state index contributed by atoms with van der Waals surface area (Å²) in [5.41, 5.74) is 0. The van der Waals surface area contributed by atoms with E-state index in [1.165, 1.54) is 0 Å². The Morgan fingerprint density at radius 3 is 1.56 bits per heavy atom. The largest absolute Gasteiger partial charge is 0.372 e. The topological polar surface area (TPSA) is 110 Å². The van der Waals surface area contributed by atoms with Gasteiger partial charge in [-0.15, -0.1) is 8.67 Å². The standard InChI is InChI=1S/H2O7S2/c1-6-9(5,7-2)8(3)4/h1-2H. The van der Waals surface area contributed by atoms with Crippen LogP contribution in [0.4, 0.5) is 0 Å². The molecule has 0 radical (unpaired) electrons. The van der Waals surface area contributed by atoms with Crippen LogP contribution in [0.15, 0.2) is 0 Å². The third kappa shape index (κ3) is 1.89. The van der Waals surface area contributed by atoms with Gasteiger partial charge in [0.25, 0.3) is 0 Å². The van der Waals surface area contributed by atoms with E-state index in [-0.39, 0.29) is 0 Å². The second-order valence-corrected chi connectivity index (χ2v) is 4.33. The Hall–Kier alpha value is -0.190. The molecular formula is H2O7S2. The molecule has 0 amide bonds. The molecule has 0 aliphatic carbocycles. The molecule has 0 spiro atoms. The fourth-order valence-corrected chi connectivity index (χ4v) is 0.488. The van der Waals surface area contributed by atoms with Gasteiger partial charge < -0.3 is 0 Å². The molecular weight excluding hydrogens is 176 g/mol. The summed E-state index contributed by atoms with van der Waals surface area (Å²) < 4.78 is 34.9. The van der Waals surface area contributed by atoms with E-state index >= 15 is 0 Å². The first-order chi connectivity index (χ1) is 4.06. The van der Waals surface area contributed by atoms with Gasteiger partial charge in [0.1, 0.15) is 0 Å². The van der Waals surface area contributed by atoms with Crippen molar-refractivity contribution in [3.63, 3.8) is 0 Å². The van der Waals surface area contributed by atoms with Crippen LogP contribution in [0, 0.1) is 0 Å². The van der Waals surface area contributed by atoms with E-state index in [1.54, 1.807) is 0 Å². The molecule has 0 saturated heterocycles. The molecule has 0 fully saturated rings. The van der Waals surface area contributed by atoms with Crippen LogP contribution in [0.3, 0.4) is 0 Å². The van der Waals surface area contributed by atoms with Crippen molar-refractivity contribution in [3.05, 3.63) is 0 Å². The van der Waals surface area contributed by atoms with Crippen molar-refractivity contribution in [1.29, 1.82) is 0 Å². The lowest BCUT2D eigenvalue weighted by Crippen LogP contribution is -2.05. The van der Waals surface area contributed by atoms with E-state index < -0.39 is 18.3 Å². The van der Waals surface area contributed by atoms with Gasteiger partial charge in [-0.05, 0) is 0 Å². The Bertz CT molecular complexity index is 254. The van der Waals surface area contributed by atoms with Gasteiger partial charge in [-0.25, -0.2) is 10.5 Å². The summed E-state index contributed by atoms with van der Waals surface area (Å²) in [5, 5.41) is 15.0. The number of hydrogen-bond acceptors (Lipinski definition) is 7. The van der Waals surface area contributed by atoms with Crippen LogP contribution in [0.25, 0.3) is 0 Å². The van der Waals surface area contributed by atoms with Crippen molar-refractivity contribution >= 4 is 18.3 Å². The van der Waals surface area contributed by atoms with Gasteiger partial charge in [0.05, 0.1) is 0 Å². The Kier molecular flexibility index (Phi) is 3.03.